The van der Waals surface area contributed by atoms with Gasteiger partial charge in [0.05, 0.1) is 5.69 Å². The summed E-state index contributed by atoms with van der Waals surface area (Å²) in [5, 5.41) is 0. The topological polar surface area (TPSA) is 16.1 Å². The van der Waals surface area contributed by atoms with Crippen LogP contribution in [0.1, 0.15) is 11.3 Å². The Hall–Kier alpha value is -1.42. The summed E-state index contributed by atoms with van der Waals surface area (Å²) in [7, 11) is 1.95. The van der Waals surface area contributed by atoms with Crippen LogP contribution in [-0.4, -0.2) is 12.0 Å². The van der Waals surface area contributed by atoms with Crippen LogP contribution in [0.25, 0.3) is 0 Å². The molecule has 4 heteroatoms. The molecule has 0 aliphatic heterocycles. The van der Waals surface area contributed by atoms with Gasteiger partial charge in [0.2, 0.25) is 0 Å². The second-order valence-electron chi connectivity index (χ2n) is 4.22. The number of aromatic nitrogens is 1. The number of hydrogen-bond acceptors (Lipinski definition) is 2. The summed E-state index contributed by atoms with van der Waals surface area (Å²) in [5.41, 5.74) is 1.87. The van der Waals surface area contributed by atoms with Crippen molar-refractivity contribution < 1.29 is 4.39 Å². The highest BCUT2D eigenvalue weighted by Gasteiger charge is 2.06. The standard InChI is InChI=1S/C14H14BrFN2/c1-10-13(15)6-7-14(17-10)18(2)9-11-4-3-5-12(16)8-11/h3-8H,9H2,1-2H3. The van der Waals surface area contributed by atoms with Crippen molar-refractivity contribution in [3.05, 3.63) is 57.9 Å². The lowest BCUT2D eigenvalue weighted by atomic mass is 10.2. The molecule has 1 aromatic heterocycles. The minimum absolute atomic E-state index is 0.208. The number of anilines is 1. The molecule has 0 N–H and O–H groups in total. The third kappa shape index (κ3) is 3.07. The first-order valence-electron chi connectivity index (χ1n) is 5.65. The molecule has 2 nitrogen and oxygen atoms in total. The molecule has 0 saturated carbocycles. The van der Waals surface area contributed by atoms with Crippen molar-refractivity contribution in [2.45, 2.75) is 13.5 Å². The van der Waals surface area contributed by atoms with Gasteiger partial charge in [-0.1, -0.05) is 12.1 Å². The summed E-state index contributed by atoms with van der Waals surface area (Å²) in [5.74, 6) is 0.667. The van der Waals surface area contributed by atoms with Crippen molar-refractivity contribution >= 4 is 21.7 Å². The lowest BCUT2D eigenvalue weighted by molar-refractivity contribution is 0.625. The van der Waals surface area contributed by atoms with Gasteiger partial charge in [0.1, 0.15) is 11.6 Å². The van der Waals surface area contributed by atoms with Gasteiger partial charge in [0.25, 0.3) is 0 Å². The summed E-state index contributed by atoms with van der Waals surface area (Å²) in [6.45, 7) is 2.58. The first-order valence-corrected chi connectivity index (χ1v) is 6.44. The first-order chi connectivity index (χ1) is 8.56. The Morgan fingerprint density at radius 3 is 2.72 bits per heavy atom. The van der Waals surface area contributed by atoms with E-state index >= 15 is 0 Å². The van der Waals surface area contributed by atoms with E-state index in [-0.39, 0.29) is 5.82 Å². The molecule has 0 amide bonds. The summed E-state index contributed by atoms with van der Waals surface area (Å²) >= 11 is 3.42. The Labute approximate surface area is 115 Å². The van der Waals surface area contributed by atoms with Gasteiger partial charge < -0.3 is 4.90 Å². The molecule has 0 bridgehead atoms. The van der Waals surface area contributed by atoms with Crippen molar-refractivity contribution in [3.8, 4) is 0 Å². The number of rotatable bonds is 3. The lowest BCUT2D eigenvalue weighted by Gasteiger charge is -2.19. The largest absolute Gasteiger partial charge is 0.355 e. The molecule has 0 atom stereocenters. The molecule has 0 saturated heterocycles. The zero-order chi connectivity index (χ0) is 13.1. The molecule has 94 valence electrons. The quantitative estimate of drug-likeness (QED) is 0.854. The number of halogens is 2. The van der Waals surface area contributed by atoms with Gasteiger partial charge in [-0.15, -0.1) is 0 Å². The van der Waals surface area contributed by atoms with Gasteiger partial charge in [-0.2, -0.15) is 0 Å². The van der Waals surface area contributed by atoms with Crippen LogP contribution in [0.3, 0.4) is 0 Å². The SMILES string of the molecule is Cc1nc(N(C)Cc2cccc(F)c2)ccc1Br. The van der Waals surface area contributed by atoms with Crippen molar-refractivity contribution in [3.63, 3.8) is 0 Å². The fourth-order valence-electron chi connectivity index (χ4n) is 1.73. The fourth-order valence-corrected chi connectivity index (χ4v) is 1.95. The van der Waals surface area contributed by atoms with E-state index in [0.29, 0.717) is 6.54 Å². The minimum atomic E-state index is -0.208. The third-order valence-corrected chi connectivity index (χ3v) is 3.54. The van der Waals surface area contributed by atoms with Crippen LogP contribution in [0.5, 0.6) is 0 Å². The van der Waals surface area contributed by atoms with E-state index < -0.39 is 0 Å². The van der Waals surface area contributed by atoms with E-state index in [1.54, 1.807) is 12.1 Å². The average molecular weight is 309 g/mol. The van der Waals surface area contributed by atoms with Crippen LogP contribution in [0.4, 0.5) is 10.2 Å². The molecule has 1 aromatic carbocycles. The van der Waals surface area contributed by atoms with Crippen molar-refractivity contribution in [2.24, 2.45) is 0 Å². The van der Waals surface area contributed by atoms with Crippen LogP contribution >= 0.6 is 15.9 Å². The van der Waals surface area contributed by atoms with E-state index in [1.165, 1.54) is 6.07 Å². The van der Waals surface area contributed by atoms with Gasteiger partial charge in [-0.3, -0.25) is 0 Å². The number of nitrogens with zero attached hydrogens (tertiary/aromatic N) is 2. The molecule has 0 unspecified atom stereocenters. The molecule has 0 aliphatic rings. The smallest absolute Gasteiger partial charge is 0.128 e. The van der Waals surface area contributed by atoms with Crippen LogP contribution < -0.4 is 4.90 Å². The number of aryl methyl sites for hydroxylation is 1. The first kappa shape index (κ1) is 13.0. The monoisotopic (exact) mass is 308 g/mol. The number of hydrogen-bond donors (Lipinski definition) is 0. The molecule has 1 heterocycles. The Bertz CT molecular complexity index is 557. The zero-order valence-electron chi connectivity index (χ0n) is 10.3. The maximum absolute atomic E-state index is 13.1. The van der Waals surface area contributed by atoms with E-state index in [1.807, 2.05) is 37.1 Å². The third-order valence-electron chi connectivity index (χ3n) is 2.71. The second-order valence-corrected chi connectivity index (χ2v) is 5.08. The molecular formula is C14H14BrFN2. The summed E-state index contributed by atoms with van der Waals surface area (Å²) in [6.07, 6.45) is 0. The summed E-state index contributed by atoms with van der Waals surface area (Å²) < 4.78 is 14.1. The Morgan fingerprint density at radius 1 is 1.28 bits per heavy atom. The molecule has 0 radical (unpaired) electrons. The molecule has 0 fully saturated rings. The van der Waals surface area contributed by atoms with Crippen LogP contribution in [-0.2, 0) is 6.54 Å². The molecule has 0 spiro atoms. The van der Waals surface area contributed by atoms with Crippen LogP contribution in [0.2, 0.25) is 0 Å². The Balaban J connectivity index is 2.16. The van der Waals surface area contributed by atoms with Crippen LogP contribution in [0.15, 0.2) is 40.9 Å². The number of benzene rings is 1. The Kier molecular flexibility index (Phi) is 3.97. The van der Waals surface area contributed by atoms with Gasteiger partial charge in [-0.05, 0) is 52.7 Å². The predicted molar refractivity (Wildman–Crippen MR) is 75.2 cm³/mol. The average Bonchev–Trinajstić information content (AvgIpc) is 2.32. The van der Waals surface area contributed by atoms with Crippen LogP contribution in [0, 0.1) is 12.7 Å². The van der Waals surface area contributed by atoms with E-state index in [4.69, 9.17) is 0 Å². The minimum Gasteiger partial charge on any atom is -0.355 e. The summed E-state index contributed by atoms with van der Waals surface area (Å²) in [6, 6.07) is 10.5. The molecule has 18 heavy (non-hydrogen) atoms. The highest BCUT2D eigenvalue weighted by Crippen LogP contribution is 2.19. The summed E-state index contributed by atoms with van der Waals surface area (Å²) in [4.78, 5) is 6.47. The van der Waals surface area contributed by atoms with E-state index in [0.717, 1.165) is 21.5 Å². The highest BCUT2D eigenvalue weighted by molar-refractivity contribution is 9.10. The molecule has 0 aliphatic carbocycles. The Morgan fingerprint density at radius 2 is 2.06 bits per heavy atom. The van der Waals surface area contributed by atoms with E-state index in [9.17, 15) is 4.39 Å². The van der Waals surface area contributed by atoms with E-state index in [2.05, 4.69) is 20.9 Å². The van der Waals surface area contributed by atoms with Gasteiger partial charge >= 0.3 is 0 Å². The molecule has 2 rings (SSSR count). The van der Waals surface area contributed by atoms with Gasteiger partial charge in [-0.25, -0.2) is 9.37 Å². The van der Waals surface area contributed by atoms with Crippen molar-refractivity contribution in [1.29, 1.82) is 0 Å². The second kappa shape index (κ2) is 5.48. The molecular weight excluding hydrogens is 295 g/mol. The van der Waals surface area contributed by atoms with Crippen molar-refractivity contribution in [1.82, 2.24) is 4.98 Å². The highest BCUT2D eigenvalue weighted by atomic mass is 79.9. The maximum Gasteiger partial charge on any atom is 0.128 e. The maximum atomic E-state index is 13.1. The van der Waals surface area contributed by atoms with Gasteiger partial charge in [0, 0.05) is 18.1 Å². The normalized spacial score (nSPS) is 10.4. The molecule has 2 aromatic rings. The zero-order valence-corrected chi connectivity index (χ0v) is 11.9. The number of pyridine rings is 1. The lowest BCUT2D eigenvalue weighted by Crippen LogP contribution is -2.18. The van der Waals surface area contributed by atoms with Gasteiger partial charge in [0.15, 0.2) is 0 Å². The predicted octanol–water partition coefficient (Wildman–Crippen LogP) is 3.93. The van der Waals surface area contributed by atoms with Crippen molar-refractivity contribution in [2.75, 3.05) is 11.9 Å². The fraction of sp³-hybridized carbons (Fsp3) is 0.214.